The van der Waals surface area contributed by atoms with Crippen LogP contribution in [0.25, 0.3) is 0 Å². The highest BCUT2D eigenvalue weighted by Gasteiger charge is 2.43. The van der Waals surface area contributed by atoms with E-state index in [9.17, 15) is 22.7 Å². The van der Waals surface area contributed by atoms with Crippen molar-refractivity contribution in [3.63, 3.8) is 0 Å². The zero-order valence-corrected chi connectivity index (χ0v) is 19.7. The molecule has 1 saturated carbocycles. The predicted molar refractivity (Wildman–Crippen MR) is 125 cm³/mol. The van der Waals surface area contributed by atoms with Gasteiger partial charge in [-0.05, 0) is 68.5 Å². The number of carbonyl (C=O) groups excluding carboxylic acids is 1. The van der Waals surface area contributed by atoms with Gasteiger partial charge in [0.15, 0.2) is 5.75 Å². The number of carbonyl (C=O) groups is 1. The number of amides is 2. The maximum atomic E-state index is 13.6. The summed E-state index contributed by atoms with van der Waals surface area (Å²) in [5.41, 5.74) is -0.176. The van der Waals surface area contributed by atoms with Gasteiger partial charge in [-0.15, -0.1) is 0 Å². The number of anilines is 2. The second-order valence-corrected chi connectivity index (χ2v) is 10.6. The Kier molecular flexibility index (Phi) is 7.01. The molecule has 4 rings (SSSR count). The van der Waals surface area contributed by atoms with Crippen molar-refractivity contribution in [1.82, 2.24) is 10.0 Å². The Bertz CT molecular complexity index is 1180. The minimum Gasteiger partial charge on any atom is -0.504 e. The molecule has 0 radical (unpaired) electrons. The smallest absolute Gasteiger partial charge is 0.323 e. The number of hydrogen-bond donors (Lipinski definition) is 5. The van der Waals surface area contributed by atoms with Crippen molar-refractivity contribution in [2.45, 2.75) is 30.2 Å². The van der Waals surface area contributed by atoms with Crippen LogP contribution in [0.1, 0.15) is 19.3 Å². The quantitative estimate of drug-likeness (QED) is 0.382. The zero-order valence-electron chi connectivity index (χ0n) is 17.4. The summed E-state index contributed by atoms with van der Waals surface area (Å²) in [6.45, 7) is 1.75. The Labute approximate surface area is 200 Å². The monoisotopic (exact) mass is 516 g/mol. The molecule has 0 spiro atoms. The Hall–Kier alpha value is -2.11. The first-order valence-electron chi connectivity index (χ1n) is 10.4. The number of phenols is 1. The lowest BCUT2D eigenvalue weighted by atomic mass is 9.67. The van der Waals surface area contributed by atoms with Crippen molar-refractivity contribution in [3.05, 3.63) is 46.2 Å². The van der Waals surface area contributed by atoms with Gasteiger partial charge in [0.2, 0.25) is 10.0 Å². The lowest BCUT2D eigenvalue weighted by molar-refractivity contribution is 0.119. The Morgan fingerprint density at radius 1 is 1.09 bits per heavy atom. The highest BCUT2D eigenvalue weighted by atomic mass is 35.5. The number of phenolic OH excluding ortho intramolecular Hbond substituents is 1. The van der Waals surface area contributed by atoms with Crippen LogP contribution in [0.2, 0.25) is 10.0 Å². The number of sulfonamides is 1. The summed E-state index contributed by atoms with van der Waals surface area (Å²) in [4.78, 5) is 11.8. The molecule has 2 fully saturated rings. The Morgan fingerprint density at radius 2 is 1.82 bits per heavy atom. The van der Waals surface area contributed by atoms with Crippen LogP contribution in [-0.2, 0) is 10.0 Å². The molecule has 178 valence electrons. The molecule has 0 bridgehead atoms. The molecule has 1 aliphatic carbocycles. The van der Waals surface area contributed by atoms with Crippen molar-refractivity contribution in [3.8, 4) is 5.75 Å². The molecule has 2 amide bonds. The predicted octanol–water partition coefficient (Wildman–Crippen LogP) is 4.15. The lowest BCUT2D eigenvalue weighted by Crippen LogP contribution is -2.52. The molecular weight excluding hydrogens is 494 g/mol. The van der Waals surface area contributed by atoms with E-state index in [0.717, 1.165) is 38.4 Å². The van der Waals surface area contributed by atoms with Crippen LogP contribution in [0.15, 0.2) is 35.2 Å². The molecule has 2 aromatic rings. The van der Waals surface area contributed by atoms with E-state index in [2.05, 4.69) is 20.7 Å². The van der Waals surface area contributed by atoms with Crippen LogP contribution in [0, 0.1) is 17.7 Å². The highest BCUT2D eigenvalue weighted by Crippen LogP contribution is 2.43. The molecule has 3 atom stereocenters. The molecule has 1 aliphatic heterocycles. The second-order valence-electron chi connectivity index (χ2n) is 8.17. The minimum absolute atomic E-state index is 0.00885. The summed E-state index contributed by atoms with van der Waals surface area (Å²) < 4.78 is 42.4. The molecule has 2 unspecified atom stereocenters. The fraction of sp³-hybridized carbons (Fsp3) is 0.381. The van der Waals surface area contributed by atoms with E-state index < -0.39 is 32.5 Å². The molecule has 5 N–H and O–H groups in total. The standard InChI is InChI=1S/C21H23Cl2FN4O4S/c22-13-4-5-16(27-21(30)26-15-3-1-2-14(24)18(15)23)19(29)20(13)33(31,32)28-17-10-11-6-8-25-9-7-12(11)17/h1-5,11-12,17,25,28-29H,6-10H2,(H2,26,27,30)/t11?,12?,17-/m1/s1. The number of fused-ring (bicyclic) bond motifs is 1. The van der Waals surface area contributed by atoms with Crippen molar-refractivity contribution in [2.24, 2.45) is 11.8 Å². The van der Waals surface area contributed by atoms with E-state index >= 15 is 0 Å². The molecular formula is C21H23Cl2FN4O4S. The van der Waals surface area contributed by atoms with E-state index in [1.54, 1.807) is 0 Å². The van der Waals surface area contributed by atoms with Gasteiger partial charge in [-0.1, -0.05) is 29.3 Å². The van der Waals surface area contributed by atoms with Gasteiger partial charge in [0.25, 0.3) is 0 Å². The van der Waals surface area contributed by atoms with E-state index in [-0.39, 0.29) is 33.4 Å². The van der Waals surface area contributed by atoms with Crippen LogP contribution in [-0.4, -0.2) is 38.7 Å². The van der Waals surface area contributed by atoms with E-state index in [0.29, 0.717) is 5.92 Å². The van der Waals surface area contributed by atoms with Gasteiger partial charge in [0.05, 0.1) is 21.4 Å². The summed E-state index contributed by atoms with van der Waals surface area (Å²) in [7, 11) is -4.17. The van der Waals surface area contributed by atoms with Crippen molar-refractivity contribution in [1.29, 1.82) is 0 Å². The molecule has 8 nitrogen and oxygen atoms in total. The van der Waals surface area contributed by atoms with Crippen LogP contribution in [0.4, 0.5) is 20.6 Å². The number of benzene rings is 2. The first-order chi connectivity index (χ1) is 15.7. The molecule has 1 saturated heterocycles. The van der Waals surface area contributed by atoms with Gasteiger partial charge >= 0.3 is 6.03 Å². The lowest BCUT2D eigenvalue weighted by Gasteiger charge is -2.44. The first-order valence-corrected chi connectivity index (χ1v) is 12.7. The summed E-state index contributed by atoms with van der Waals surface area (Å²) >= 11 is 12.0. The first kappa shape index (κ1) is 24.0. The van der Waals surface area contributed by atoms with Crippen LogP contribution >= 0.6 is 23.2 Å². The third kappa shape index (κ3) is 5.04. The van der Waals surface area contributed by atoms with Crippen LogP contribution in [0.3, 0.4) is 0 Å². The molecule has 2 aliphatic rings. The molecule has 1 heterocycles. The molecule has 2 aromatic carbocycles. The number of aromatic hydroxyl groups is 1. The molecule has 12 heteroatoms. The summed E-state index contributed by atoms with van der Waals surface area (Å²) in [5.74, 6) is -0.734. The zero-order chi connectivity index (χ0) is 23.8. The molecule has 0 aromatic heterocycles. The minimum atomic E-state index is -4.17. The largest absolute Gasteiger partial charge is 0.504 e. The Morgan fingerprint density at radius 3 is 2.61 bits per heavy atom. The van der Waals surface area contributed by atoms with Gasteiger partial charge in [0.1, 0.15) is 10.7 Å². The number of urea groups is 1. The number of hydrogen-bond acceptors (Lipinski definition) is 5. The maximum absolute atomic E-state index is 13.6. The average molecular weight is 517 g/mol. The number of nitrogens with one attached hydrogen (secondary N) is 4. The Balaban J connectivity index is 1.51. The van der Waals surface area contributed by atoms with Crippen LogP contribution < -0.4 is 20.7 Å². The topological polar surface area (TPSA) is 120 Å². The highest BCUT2D eigenvalue weighted by molar-refractivity contribution is 7.89. The summed E-state index contributed by atoms with van der Waals surface area (Å²) in [6.07, 6.45) is 2.58. The number of halogens is 3. The summed E-state index contributed by atoms with van der Waals surface area (Å²) in [5, 5.41) is 18.2. The fourth-order valence-corrected chi connectivity index (χ4v) is 6.54. The van der Waals surface area contributed by atoms with Crippen molar-refractivity contribution in [2.75, 3.05) is 23.7 Å². The van der Waals surface area contributed by atoms with E-state index in [4.69, 9.17) is 23.2 Å². The van der Waals surface area contributed by atoms with E-state index in [1.165, 1.54) is 24.3 Å². The van der Waals surface area contributed by atoms with Gasteiger partial charge in [-0.2, -0.15) is 0 Å². The van der Waals surface area contributed by atoms with E-state index in [1.807, 2.05) is 0 Å². The maximum Gasteiger partial charge on any atom is 0.323 e. The third-order valence-electron chi connectivity index (χ3n) is 6.13. The SMILES string of the molecule is O=C(Nc1ccc(Cl)c(S(=O)(=O)N[C@@H]2CC3CCNCCC32)c1O)Nc1cccc(F)c1Cl. The van der Waals surface area contributed by atoms with Crippen molar-refractivity contribution >= 4 is 50.6 Å². The average Bonchev–Trinajstić information content (AvgIpc) is 2.93. The number of rotatable bonds is 5. The third-order valence-corrected chi connectivity index (χ3v) is 8.51. The molecule has 33 heavy (non-hydrogen) atoms. The van der Waals surface area contributed by atoms with Gasteiger partial charge in [-0.3, -0.25) is 0 Å². The summed E-state index contributed by atoms with van der Waals surface area (Å²) in [6, 6.07) is 5.31. The van der Waals surface area contributed by atoms with Crippen LogP contribution in [0.5, 0.6) is 5.75 Å². The van der Waals surface area contributed by atoms with Gasteiger partial charge in [0, 0.05) is 6.04 Å². The normalized spacial score (nSPS) is 22.6. The fourth-order valence-electron chi connectivity index (χ4n) is 4.43. The van der Waals surface area contributed by atoms with Crippen molar-refractivity contribution < 1.29 is 22.7 Å². The van der Waals surface area contributed by atoms with Gasteiger partial charge < -0.3 is 21.1 Å². The van der Waals surface area contributed by atoms with Gasteiger partial charge in [-0.25, -0.2) is 22.3 Å². The second kappa shape index (κ2) is 9.63.